The number of nitrogens with zero attached hydrogens (tertiary/aromatic N) is 4. The normalized spacial score (nSPS) is 20.3. The van der Waals surface area contributed by atoms with Gasteiger partial charge in [0.15, 0.2) is 0 Å². The van der Waals surface area contributed by atoms with Crippen LogP contribution in [-0.2, 0) is 10.0 Å². The second kappa shape index (κ2) is 9.84. The fourth-order valence-electron chi connectivity index (χ4n) is 3.86. The van der Waals surface area contributed by atoms with Gasteiger partial charge in [0, 0.05) is 45.3 Å². The summed E-state index contributed by atoms with van der Waals surface area (Å²) in [6.45, 7) is 5.61. The number of hydrogen-bond acceptors (Lipinski definition) is 7. The lowest BCUT2D eigenvalue weighted by atomic mass is 10.2. The van der Waals surface area contributed by atoms with E-state index in [0.717, 1.165) is 19.6 Å². The van der Waals surface area contributed by atoms with E-state index in [2.05, 4.69) is 15.1 Å². The van der Waals surface area contributed by atoms with Crippen LogP contribution in [0, 0.1) is 10.1 Å². The Bertz CT molecular complexity index is 801. The van der Waals surface area contributed by atoms with Gasteiger partial charge >= 0.3 is 0 Å². The van der Waals surface area contributed by atoms with E-state index in [0.29, 0.717) is 38.4 Å². The maximum Gasteiger partial charge on any atom is 0.293 e. The summed E-state index contributed by atoms with van der Waals surface area (Å²) >= 11 is 0. The van der Waals surface area contributed by atoms with Crippen molar-refractivity contribution in [2.75, 3.05) is 64.7 Å². The van der Waals surface area contributed by atoms with Crippen molar-refractivity contribution in [3.8, 4) is 0 Å². The molecule has 2 saturated heterocycles. The average molecular weight is 426 g/mol. The van der Waals surface area contributed by atoms with Gasteiger partial charge in [-0.15, -0.1) is 0 Å². The van der Waals surface area contributed by atoms with Crippen molar-refractivity contribution in [3.63, 3.8) is 0 Å². The Morgan fingerprint density at radius 3 is 2.31 bits per heavy atom. The lowest BCUT2D eigenvalue weighted by Gasteiger charge is -2.31. The van der Waals surface area contributed by atoms with Gasteiger partial charge < -0.3 is 15.1 Å². The number of likely N-dealkylation sites (tertiary alicyclic amines) is 1. The van der Waals surface area contributed by atoms with Gasteiger partial charge in [-0.2, -0.15) is 4.31 Å². The van der Waals surface area contributed by atoms with E-state index < -0.39 is 14.9 Å². The van der Waals surface area contributed by atoms with Crippen LogP contribution in [0.15, 0.2) is 23.1 Å². The Balaban J connectivity index is 1.69. The second-order valence-corrected chi connectivity index (χ2v) is 9.76. The van der Waals surface area contributed by atoms with Crippen LogP contribution in [0.4, 0.5) is 11.4 Å². The third kappa shape index (κ3) is 5.65. The first-order chi connectivity index (χ1) is 13.9. The molecule has 0 aromatic heterocycles. The molecule has 0 aliphatic carbocycles. The zero-order chi connectivity index (χ0) is 20.9. The molecule has 2 aliphatic rings. The molecule has 0 saturated carbocycles. The largest absolute Gasteiger partial charge is 0.378 e. The Kier molecular flexibility index (Phi) is 7.44. The van der Waals surface area contributed by atoms with E-state index in [1.54, 1.807) is 0 Å². The van der Waals surface area contributed by atoms with Crippen LogP contribution in [0.2, 0.25) is 0 Å². The molecule has 1 N–H and O–H groups in total. The van der Waals surface area contributed by atoms with Crippen molar-refractivity contribution in [3.05, 3.63) is 28.3 Å². The first kappa shape index (κ1) is 21.9. The Labute approximate surface area is 172 Å². The number of rotatable bonds is 7. The first-order valence-corrected chi connectivity index (χ1v) is 11.8. The summed E-state index contributed by atoms with van der Waals surface area (Å²) in [5, 5.41) is 14.7. The number of hydrogen-bond donors (Lipinski definition) is 1. The molecule has 0 unspecified atom stereocenters. The fourth-order valence-corrected chi connectivity index (χ4v) is 5.30. The second-order valence-electron chi connectivity index (χ2n) is 7.83. The summed E-state index contributed by atoms with van der Waals surface area (Å²) in [6.07, 6.45) is 4.91. The number of likely N-dealkylation sites (N-methyl/N-ethyl adjacent to an activating group) is 1. The first-order valence-electron chi connectivity index (χ1n) is 10.3. The summed E-state index contributed by atoms with van der Waals surface area (Å²) < 4.78 is 27.2. The van der Waals surface area contributed by atoms with Gasteiger partial charge in [-0.05, 0) is 45.1 Å². The van der Waals surface area contributed by atoms with Gasteiger partial charge in [0.2, 0.25) is 10.0 Å². The summed E-state index contributed by atoms with van der Waals surface area (Å²) in [6, 6.07) is 4.17. The molecular formula is C19H31N5O4S. The topological polar surface area (TPSA) is 99.0 Å². The molecule has 9 nitrogen and oxygen atoms in total. The van der Waals surface area contributed by atoms with E-state index in [1.165, 1.54) is 48.2 Å². The smallest absolute Gasteiger partial charge is 0.293 e. The van der Waals surface area contributed by atoms with Crippen LogP contribution in [0.1, 0.15) is 25.7 Å². The van der Waals surface area contributed by atoms with Crippen molar-refractivity contribution in [1.82, 2.24) is 14.1 Å². The molecule has 29 heavy (non-hydrogen) atoms. The van der Waals surface area contributed by atoms with Gasteiger partial charge in [0.05, 0.1) is 9.82 Å². The lowest BCUT2D eigenvalue weighted by molar-refractivity contribution is -0.384. The number of nitrogens with one attached hydrogen (secondary N) is 1. The molecule has 0 radical (unpaired) electrons. The zero-order valence-corrected chi connectivity index (χ0v) is 17.9. The van der Waals surface area contributed by atoms with Crippen molar-refractivity contribution < 1.29 is 13.3 Å². The van der Waals surface area contributed by atoms with Gasteiger partial charge in [0.1, 0.15) is 5.69 Å². The average Bonchev–Trinajstić information content (AvgIpc) is 2.97. The minimum atomic E-state index is -3.73. The standard InChI is InChI=1S/C19H31N5O4S/c1-21-12-14-23(15-13-21)29(27,28)17-6-7-18(19(16-17)24(25)26)20-8-11-22-9-4-2-3-5-10-22/h6-7,16,20H,2-5,8-15H2,1H3. The molecular weight excluding hydrogens is 394 g/mol. The highest BCUT2D eigenvalue weighted by Gasteiger charge is 2.29. The van der Waals surface area contributed by atoms with E-state index in [9.17, 15) is 18.5 Å². The summed E-state index contributed by atoms with van der Waals surface area (Å²) in [4.78, 5) is 15.5. The maximum absolute atomic E-state index is 12.9. The number of sulfonamides is 1. The summed E-state index contributed by atoms with van der Waals surface area (Å²) in [5.74, 6) is 0. The molecule has 2 aliphatic heterocycles. The molecule has 3 rings (SSSR count). The van der Waals surface area contributed by atoms with E-state index in [-0.39, 0.29) is 10.6 Å². The van der Waals surface area contributed by atoms with Crippen LogP contribution in [0.25, 0.3) is 0 Å². The molecule has 2 heterocycles. The predicted octanol–water partition coefficient (Wildman–Crippen LogP) is 1.82. The highest BCUT2D eigenvalue weighted by Crippen LogP contribution is 2.29. The minimum absolute atomic E-state index is 0.0215. The molecule has 0 spiro atoms. The molecule has 1 aromatic rings. The summed E-state index contributed by atoms with van der Waals surface area (Å²) in [7, 11) is -1.79. The number of anilines is 1. The molecule has 2 fully saturated rings. The SMILES string of the molecule is CN1CCN(S(=O)(=O)c2ccc(NCCN3CCCCCC3)c([N+](=O)[O-])c2)CC1. The highest BCUT2D eigenvalue weighted by atomic mass is 32.2. The van der Waals surface area contributed by atoms with Crippen LogP contribution in [0.3, 0.4) is 0 Å². The number of nitro groups is 1. The lowest BCUT2D eigenvalue weighted by Crippen LogP contribution is -2.47. The molecule has 0 atom stereocenters. The molecule has 0 bridgehead atoms. The minimum Gasteiger partial charge on any atom is -0.378 e. The van der Waals surface area contributed by atoms with E-state index >= 15 is 0 Å². The number of benzene rings is 1. The third-order valence-electron chi connectivity index (χ3n) is 5.71. The quantitative estimate of drug-likeness (QED) is 0.525. The molecule has 0 amide bonds. The Morgan fingerprint density at radius 1 is 1.03 bits per heavy atom. The van der Waals surface area contributed by atoms with Crippen molar-refractivity contribution in [1.29, 1.82) is 0 Å². The molecule has 162 valence electrons. The monoisotopic (exact) mass is 425 g/mol. The fraction of sp³-hybridized carbons (Fsp3) is 0.684. The van der Waals surface area contributed by atoms with Gasteiger partial charge in [-0.25, -0.2) is 8.42 Å². The molecule has 10 heteroatoms. The van der Waals surface area contributed by atoms with Crippen LogP contribution in [-0.4, -0.2) is 86.9 Å². The third-order valence-corrected chi connectivity index (χ3v) is 7.60. The molecule has 1 aromatic carbocycles. The van der Waals surface area contributed by atoms with Crippen molar-refractivity contribution >= 4 is 21.4 Å². The Hall–Kier alpha value is -1.75. The van der Waals surface area contributed by atoms with Crippen LogP contribution < -0.4 is 5.32 Å². The van der Waals surface area contributed by atoms with E-state index in [1.807, 2.05) is 7.05 Å². The number of nitro benzene ring substituents is 1. The summed E-state index contributed by atoms with van der Waals surface area (Å²) in [5.41, 5.74) is 0.165. The van der Waals surface area contributed by atoms with Crippen molar-refractivity contribution in [2.24, 2.45) is 0 Å². The maximum atomic E-state index is 12.9. The van der Waals surface area contributed by atoms with E-state index in [4.69, 9.17) is 0 Å². The van der Waals surface area contributed by atoms with Crippen molar-refractivity contribution in [2.45, 2.75) is 30.6 Å². The van der Waals surface area contributed by atoms with Gasteiger partial charge in [0.25, 0.3) is 5.69 Å². The van der Waals surface area contributed by atoms with Gasteiger partial charge in [-0.1, -0.05) is 12.8 Å². The van der Waals surface area contributed by atoms with Gasteiger partial charge in [-0.3, -0.25) is 10.1 Å². The van der Waals surface area contributed by atoms with Crippen LogP contribution >= 0.6 is 0 Å². The predicted molar refractivity (Wildman–Crippen MR) is 113 cm³/mol. The highest BCUT2D eigenvalue weighted by molar-refractivity contribution is 7.89. The zero-order valence-electron chi connectivity index (χ0n) is 17.0. The number of piperazine rings is 1. The Morgan fingerprint density at radius 2 is 1.69 bits per heavy atom. The van der Waals surface area contributed by atoms with Crippen LogP contribution in [0.5, 0.6) is 0 Å².